The van der Waals surface area contributed by atoms with Crippen LogP contribution < -0.4 is 10.6 Å². The predicted octanol–water partition coefficient (Wildman–Crippen LogP) is 6.01. The van der Waals surface area contributed by atoms with E-state index in [9.17, 15) is 31.9 Å². The van der Waals surface area contributed by atoms with Gasteiger partial charge in [0.15, 0.2) is 0 Å². The molecule has 5 nitrogen and oxygen atoms in total. The summed E-state index contributed by atoms with van der Waals surface area (Å²) in [5, 5.41) is 14.9. The topological polar surface area (TPSA) is 64.6 Å². The minimum atomic E-state index is -5.11. The second kappa shape index (κ2) is 12.3. The Labute approximate surface area is 219 Å². The van der Waals surface area contributed by atoms with E-state index in [0.29, 0.717) is 25.4 Å². The van der Waals surface area contributed by atoms with E-state index >= 15 is 0 Å². The Morgan fingerprint density at radius 2 is 1.79 bits per heavy atom. The zero-order chi connectivity index (χ0) is 28.1. The first kappa shape index (κ1) is 29.6. The summed E-state index contributed by atoms with van der Waals surface area (Å²) in [4.78, 5) is 14.1. The summed E-state index contributed by atoms with van der Waals surface area (Å²) in [5.41, 5.74) is -0.594. The van der Waals surface area contributed by atoms with Crippen molar-refractivity contribution < 1.29 is 31.9 Å². The van der Waals surface area contributed by atoms with Crippen molar-refractivity contribution in [2.24, 2.45) is 5.92 Å². The lowest BCUT2D eigenvalue weighted by atomic mass is 9.88. The third-order valence-electron chi connectivity index (χ3n) is 6.94. The molecule has 0 bridgehead atoms. The van der Waals surface area contributed by atoms with Crippen LogP contribution in [0.1, 0.15) is 42.0 Å². The fourth-order valence-electron chi connectivity index (χ4n) is 4.56. The Kier molecular flexibility index (Phi) is 9.54. The van der Waals surface area contributed by atoms with Crippen molar-refractivity contribution in [3.8, 4) is 0 Å². The molecule has 10 heteroatoms. The number of nitrogens with one attached hydrogen (secondary N) is 2. The number of urea groups is 1. The highest BCUT2D eigenvalue weighted by Gasteiger charge is 2.55. The van der Waals surface area contributed by atoms with Gasteiger partial charge < -0.3 is 15.7 Å². The van der Waals surface area contributed by atoms with E-state index in [1.54, 1.807) is 13.0 Å². The van der Waals surface area contributed by atoms with Gasteiger partial charge in [-0.05, 0) is 86.5 Å². The van der Waals surface area contributed by atoms with Crippen molar-refractivity contribution in [2.45, 2.75) is 51.4 Å². The Bertz CT molecular complexity index is 1130. The molecule has 0 aliphatic carbocycles. The molecule has 38 heavy (non-hydrogen) atoms. The van der Waals surface area contributed by atoms with E-state index in [2.05, 4.69) is 22.1 Å². The van der Waals surface area contributed by atoms with E-state index < -0.39 is 35.9 Å². The van der Waals surface area contributed by atoms with Crippen LogP contribution in [0.25, 0.3) is 0 Å². The van der Waals surface area contributed by atoms with Crippen molar-refractivity contribution in [1.29, 1.82) is 0 Å². The Morgan fingerprint density at radius 3 is 2.34 bits per heavy atom. The second-order valence-electron chi connectivity index (χ2n) is 10.1. The Morgan fingerprint density at radius 1 is 1.16 bits per heavy atom. The van der Waals surface area contributed by atoms with Crippen LogP contribution in [-0.4, -0.2) is 48.5 Å². The van der Waals surface area contributed by atoms with Crippen LogP contribution in [0.5, 0.6) is 0 Å². The van der Waals surface area contributed by atoms with E-state index in [1.165, 1.54) is 18.2 Å². The molecule has 3 rings (SSSR count). The molecule has 1 saturated heterocycles. The maximum absolute atomic E-state index is 14.7. The summed E-state index contributed by atoms with van der Waals surface area (Å²) in [5.74, 6) is -0.155. The highest BCUT2D eigenvalue weighted by atomic mass is 19.4. The number of alkyl halides is 4. The standard InChI is InChI=1S/C28H34F5N3O2/c1-18(2)15-34-26(37)35-25-12-19(3)22(14-24(25)30)13-20-8-10-36(11-9-20)16-21-4-6-23(7-5-21)27(38,17-29)28(31,32)33/h4-7,12,14,20,38H,1,8-11,13,15-17H2,2-3H3,(H2,34,35,37). The molecule has 1 unspecified atom stereocenters. The van der Waals surface area contributed by atoms with E-state index in [-0.39, 0.29) is 5.69 Å². The van der Waals surface area contributed by atoms with Crippen molar-refractivity contribution in [3.63, 3.8) is 0 Å². The zero-order valence-corrected chi connectivity index (χ0v) is 21.6. The molecule has 2 aromatic carbocycles. The third kappa shape index (κ3) is 7.32. The largest absolute Gasteiger partial charge is 0.424 e. The first-order chi connectivity index (χ1) is 17.8. The molecule has 1 fully saturated rings. The minimum Gasteiger partial charge on any atom is -0.374 e. The number of aryl methyl sites for hydroxylation is 1. The normalized spacial score (nSPS) is 16.6. The third-order valence-corrected chi connectivity index (χ3v) is 6.94. The molecule has 1 heterocycles. The summed E-state index contributed by atoms with van der Waals surface area (Å²) in [6.45, 7) is 7.78. The van der Waals surface area contributed by atoms with Gasteiger partial charge in [0.05, 0.1) is 5.69 Å². The quantitative estimate of drug-likeness (QED) is 0.270. The summed E-state index contributed by atoms with van der Waals surface area (Å²) in [6, 6.07) is 7.80. The number of hydrogen-bond acceptors (Lipinski definition) is 3. The SMILES string of the molecule is C=C(C)CNC(=O)Nc1cc(C)c(CC2CCN(Cc3ccc(C(O)(CF)C(F)(F)F)cc3)CC2)cc1F. The number of rotatable bonds is 9. The van der Waals surface area contributed by atoms with Gasteiger partial charge in [-0.1, -0.05) is 36.4 Å². The number of benzene rings is 2. The first-order valence-corrected chi connectivity index (χ1v) is 12.5. The molecule has 1 aliphatic heterocycles. The van der Waals surface area contributed by atoms with Gasteiger partial charge in [-0.15, -0.1) is 0 Å². The van der Waals surface area contributed by atoms with Crippen molar-refractivity contribution in [1.82, 2.24) is 10.2 Å². The smallest absolute Gasteiger partial charge is 0.374 e. The molecule has 0 saturated carbocycles. The maximum atomic E-state index is 14.7. The minimum absolute atomic E-state index is 0.117. The number of carbonyl (C=O) groups excluding carboxylic acids is 1. The number of piperidine rings is 1. The van der Waals surface area contributed by atoms with Crippen LogP contribution in [-0.2, 0) is 18.6 Å². The summed E-state index contributed by atoms with van der Waals surface area (Å²) in [7, 11) is 0. The highest BCUT2D eigenvalue weighted by molar-refractivity contribution is 5.89. The molecule has 2 amide bonds. The number of amides is 2. The summed E-state index contributed by atoms with van der Waals surface area (Å²) >= 11 is 0. The average molecular weight is 540 g/mol. The number of nitrogens with zero attached hydrogens (tertiary/aromatic N) is 1. The average Bonchev–Trinajstić information content (AvgIpc) is 2.86. The number of aliphatic hydroxyl groups is 1. The molecule has 0 aromatic heterocycles. The molecule has 0 spiro atoms. The highest BCUT2D eigenvalue weighted by Crippen LogP contribution is 2.39. The van der Waals surface area contributed by atoms with Crippen LogP contribution in [0.4, 0.5) is 32.4 Å². The van der Waals surface area contributed by atoms with Gasteiger partial charge in [-0.25, -0.2) is 13.6 Å². The Balaban J connectivity index is 1.53. The molecular formula is C28H34F5N3O2. The fraction of sp³-hybridized carbons (Fsp3) is 0.464. The van der Waals surface area contributed by atoms with Crippen LogP contribution >= 0.6 is 0 Å². The van der Waals surface area contributed by atoms with Crippen molar-refractivity contribution in [2.75, 3.05) is 31.6 Å². The van der Waals surface area contributed by atoms with Gasteiger partial charge in [-0.3, -0.25) is 4.90 Å². The van der Waals surface area contributed by atoms with Gasteiger partial charge in [0.1, 0.15) is 12.5 Å². The zero-order valence-electron chi connectivity index (χ0n) is 21.6. The molecule has 208 valence electrons. The van der Waals surface area contributed by atoms with Gasteiger partial charge in [0.2, 0.25) is 5.60 Å². The second-order valence-corrected chi connectivity index (χ2v) is 10.1. The molecule has 3 N–H and O–H groups in total. The number of hydrogen-bond donors (Lipinski definition) is 3. The molecule has 1 aliphatic rings. The van der Waals surface area contributed by atoms with Crippen molar-refractivity contribution >= 4 is 11.7 Å². The number of carbonyl (C=O) groups is 1. The maximum Gasteiger partial charge on any atom is 0.424 e. The number of anilines is 1. The molecule has 2 aromatic rings. The fourth-order valence-corrected chi connectivity index (χ4v) is 4.56. The number of halogens is 5. The number of likely N-dealkylation sites (tertiary alicyclic amines) is 1. The van der Waals surface area contributed by atoms with Gasteiger partial charge in [-0.2, -0.15) is 13.2 Å². The van der Waals surface area contributed by atoms with E-state index in [0.717, 1.165) is 60.3 Å². The van der Waals surface area contributed by atoms with E-state index in [1.807, 2.05) is 6.92 Å². The van der Waals surface area contributed by atoms with Gasteiger partial charge in [0, 0.05) is 13.1 Å². The van der Waals surface area contributed by atoms with E-state index in [4.69, 9.17) is 0 Å². The van der Waals surface area contributed by atoms with Crippen LogP contribution in [0.15, 0.2) is 48.6 Å². The first-order valence-electron chi connectivity index (χ1n) is 12.5. The van der Waals surface area contributed by atoms with Crippen LogP contribution in [0.3, 0.4) is 0 Å². The molecular weight excluding hydrogens is 505 g/mol. The lowest BCUT2D eigenvalue weighted by Gasteiger charge is -2.32. The van der Waals surface area contributed by atoms with Crippen LogP contribution in [0, 0.1) is 18.7 Å². The van der Waals surface area contributed by atoms with Gasteiger partial charge >= 0.3 is 12.2 Å². The monoisotopic (exact) mass is 539 g/mol. The lowest BCUT2D eigenvalue weighted by Crippen LogP contribution is -2.44. The molecule has 1 atom stereocenters. The van der Waals surface area contributed by atoms with Crippen LogP contribution in [0.2, 0.25) is 0 Å². The summed E-state index contributed by atoms with van der Waals surface area (Å²) < 4.78 is 67.0. The molecule has 0 radical (unpaired) electrons. The predicted molar refractivity (Wildman–Crippen MR) is 137 cm³/mol. The Hall–Kier alpha value is -2.98. The summed E-state index contributed by atoms with van der Waals surface area (Å²) in [6.07, 6.45) is -2.66. The van der Waals surface area contributed by atoms with Crippen molar-refractivity contribution in [3.05, 3.63) is 76.6 Å². The van der Waals surface area contributed by atoms with Gasteiger partial charge in [0.25, 0.3) is 0 Å². The lowest BCUT2D eigenvalue weighted by molar-refractivity contribution is -0.271.